The van der Waals surface area contributed by atoms with E-state index in [0.29, 0.717) is 27.0 Å². The Labute approximate surface area is 216 Å². The van der Waals surface area contributed by atoms with Crippen LogP contribution < -0.4 is 5.63 Å². The molecule has 36 heavy (non-hydrogen) atoms. The molecule has 2 heterocycles. The molecule has 0 aliphatic rings. The summed E-state index contributed by atoms with van der Waals surface area (Å²) in [6.45, 7) is 1.96. The second-order valence-electron chi connectivity index (χ2n) is 8.09. The Balaban J connectivity index is 1.47. The summed E-state index contributed by atoms with van der Waals surface area (Å²) in [7, 11) is 0. The summed E-state index contributed by atoms with van der Waals surface area (Å²) in [5.74, 6) is -0.360. The number of aromatic nitrogens is 2. The van der Waals surface area contributed by atoms with Gasteiger partial charge in [0.25, 0.3) is 0 Å². The quantitative estimate of drug-likeness (QED) is 0.139. The van der Waals surface area contributed by atoms with Crippen LogP contribution in [0.15, 0.2) is 105 Å². The third kappa shape index (κ3) is 5.22. The summed E-state index contributed by atoms with van der Waals surface area (Å²) in [6.07, 6.45) is 1.76. The van der Waals surface area contributed by atoms with Gasteiger partial charge in [-0.3, -0.25) is 9.36 Å². The molecule has 0 saturated carbocycles. The standard InChI is InChI=1S/C28H21ClN2O4S/c1-18(26(32)34-17-19-7-3-2-4-8-19)36-28-30-24(16-31(28)22-13-11-21(29)12-14-22)23-15-20-9-5-6-10-25(20)35-27(23)33/h2-16,18H,17H2,1H3. The van der Waals surface area contributed by atoms with Crippen molar-refractivity contribution in [1.29, 1.82) is 0 Å². The largest absolute Gasteiger partial charge is 0.460 e. The topological polar surface area (TPSA) is 74.3 Å². The molecular weight excluding hydrogens is 496 g/mol. The van der Waals surface area contributed by atoms with E-state index in [1.54, 1.807) is 37.4 Å². The van der Waals surface area contributed by atoms with E-state index in [4.69, 9.17) is 25.7 Å². The first-order valence-electron chi connectivity index (χ1n) is 11.2. The van der Waals surface area contributed by atoms with Crippen LogP contribution in [0.25, 0.3) is 27.9 Å². The first kappa shape index (κ1) is 23.9. The number of nitrogens with zero attached hydrogens (tertiary/aromatic N) is 2. The fraction of sp³-hybridized carbons (Fsp3) is 0.107. The summed E-state index contributed by atoms with van der Waals surface area (Å²) in [6, 6.07) is 25.8. The van der Waals surface area contributed by atoms with E-state index in [1.165, 1.54) is 11.8 Å². The normalized spacial score (nSPS) is 11.9. The number of hydrogen-bond donors (Lipinski definition) is 0. The fourth-order valence-electron chi connectivity index (χ4n) is 3.66. The summed E-state index contributed by atoms with van der Waals surface area (Å²) in [5, 5.41) is 1.38. The number of hydrogen-bond acceptors (Lipinski definition) is 6. The average molecular weight is 517 g/mol. The summed E-state index contributed by atoms with van der Waals surface area (Å²) >= 11 is 7.33. The highest BCUT2D eigenvalue weighted by Crippen LogP contribution is 2.30. The highest BCUT2D eigenvalue weighted by atomic mass is 35.5. The molecule has 0 spiro atoms. The van der Waals surface area contributed by atoms with Crippen molar-refractivity contribution < 1.29 is 13.9 Å². The lowest BCUT2D eigenvalue weighted by atomic mass is 10.1. The van der Waals surface area contributed by atoms with Gasteiger partial charge < -0.3 is 9.15 Å². The molecule has 1 atom stereocenters. The third-order valence-corrected chi connectivity index (χ3v) is 6.83. The summed E-state index contributed by atoms with van der Waals surface area (Å²) in [5.41, 5.74) is 2.50. The lowest BCUT2D eigenvalue weighted by molar-refractivity contribution is -0.143. The Hall–Kier alpha value is -3.81. The molecule has 0 N–H and O–H groups in total. The zero-order valence-corrected chi connectivity index (χ0v) is 20.8. The maximum Gasteiger partial charge on any atom is 0.345 e. The monoisotopic (exact) mass is 516 g/mol. The second kappa shape index (κ2) is 10.4. The zero-order valence-electron chi connectivity index (χ0n) is 19.3. The number of para-hydroxylation sites is 1. The number of imidazole rings is 1. The highest BCUT2D eigenvalue weighted by molar-refractivity contribution is 8.00. The molecule has 3 aromatic carbocycles. The Morgan fingerprint density at radius 2 is 1.78 bits per heavy atom. The lowest BCUT2D eigenvalue weighted by Gasteiger charge is -2.12. The zero-order chi connectivity index (χ0) is 25.1. The van der Waals surface area contributed by atoms with E-state index in [0.717, 1.165) is 16.6 Å². The van der Waals surface area contributed by atoms with Crippen molar-refractivity contribution >= 4 is 40.3 Å². The minimum absolute atomic E-state index is 0.194. The van der Waals surface area contributed by atoms with Gasteiger partial charge in [-0.1, -0.05) is 71.9 Å². The van der Waals surface area contributed by atoms with Crippen LogP contribution in [0.1, 0.15) is 12.5 Å². The van der Waals surface area contributed by atoms with Crippen LogP contribution in [0.3, 0.4) is 0 Å². The molecule has 0 bridgehead atoms. The molecule has 1 unspecified atom stereocenters. The van der Waals surface area contributed by atoms with Crippen molar-refractivity contribution in [1.82, 2.24) is 9.55 Å². The Morgan fingerprint density at radius 1 is 1.06 bits per heavy atom. The van der Waals surface area contributed by atoms with Gasteiger partial charge in [0, 0.05) is 22.3 Å². The number of rotatable bonds is 7. The van der Waals surface area contributed by atoms with Crippen LogP contribution in [0.2, 0.25) is 5.02 Å². The second-order valence-corrected chi connectivity index (χ2v) is 9.84. The average Bonchev–Trinajstić information content (AvgIpc) is 3.31. The molecule has 5 rings (SSSR count). The SMILES string of the molecule is CC(Sc1nc(-c2cc3ccccc3oc2=O)cn1-c1ccc(Cl)cc1)C(=O)OCc1ccccc1. The number of fused-ring (bicyclic) bond motifs is 1. The van der Waals surface area contributed by atoms with Gasteiger partial charge in [-0.25, -0.2) is 9.78 Å². The predicted molar refractivity (Wildman–Crippen MR) is 142 cm³/mol. The van der Waals surface area contributed by atoms with Crippen LogP contribution in [0, 0.1) is 0 Å². The number of carbonyl (C=O) groups excluding carboxylic acids is 1. The van der Waals surface area contributed by atoms with Gasteiger partial charge in [0.1, 0.15) is 17.4 Å². The Morgan fingerprint density at radius 3 is 2.56 bits per heavy atom. The first-order chi connectivity index (χ1) is 17.5. The molecule has 0 radical (unpaired) electrons. The molecular formula is C28H21ClN2O4S. The van der Waals surface area contributed by atoms with Crippen molar-refractivity contribution in [2.45, 2.75) is 23.9 Å². The van der Waals surface area contributed by atoms with Crippen LogP contribution in [0.4, 0.5) is 0 Å². The third-order valence-electron chi connectivity index (χ3n) is 5.53. The van der Waals surface area contributed by atoms with E-state index in [2.05, 4.69) is 0 Å². The molecule has 6 nitrogen and oxygen atoms in total. The predicted octanol–water partition coefficient (Wildman–Crippen LogP) is 6.52. The molecule has 0 aliphatic heterocycles. The van der Waals surface area contributed by atoms with Crippen molar-refractivity contribution in [3.05, 3.63) is 112 Å². The smallest absolute Gasteiger partial charge is 0.345 e. The fourth-order valence-corrected chi connectivity index (χ4v) is 4.68. The minimum atomic E-state index is -0.539. The van der Waals surface area contributed by atoms with Gasteiger partial charge in [-0.05, 0) is 48.9 Å². The van der Waals surface area contributed by atoms with Crippen LogP contribution >= 0.6 is 23.4 Å². The number of halogens is 1. The molecule has 0 saturated heterocycles. The van der Waals surface area contributed by atoms with Crippen molar-refractivity contribution in [2.75, 3.05) is 0 Å². The van der Waals surface area contributed by atoms with E-state index >= 15 is 0 Å². The number of carbonyl (C=O) groups is 1. The first-order valence-corrected chi connectivity index (χ1v) is 12.5. The van der Waals surface area contributed by atoms with Crippen molar-refractivity contribution in [2.24, 2.45) is 0 Å². The Bertz CT molecular complexity index is 1580. The number of ether oxygens (including phenoxy) is 1. The van der Waals surface area contributed by atoms with Crippen LogP contribution in [-0.2, 0) is 16.1 Å². The van der Waals surface area contributed by atoms with Gasteiger partial charge >= 0.3 is 11.6 Å². The molecule has 2 aromatic heterocycles. The van der Waals surface area contributed by atoms with Gasteiger partial charge in [-0.2, -0.15) is 0 Å². The summed E-state index contributed by atoms with van der Waals surface area (Å²) < 4.78 is 12.8. The molecule has 5 aromatic rings. The van der Waals surface area contributed by atoms with Gasteiger partial charge in [0.2, 0.25) is 0 Å². The molecule has 8 heteroatoms. The number of thioether (sulfide) groups is 1. The molecule has 0 amide bonds. The van der Waals surface area contributed by atoms with E-state index in [9.17, 15) is 9.59 Å². The number of esters is 1. The highest BCUT2D eigenvalue weighted by Gasteiger charge is 2.22. The van der Waals surface area contributed by atoms with Gasteiger partial charge in [-0.15, -0.1) is 0 Å². The number of benzene rings is 3. The maximum atomic E-state index is 12.8. The Kier molecular flexibility index (Phi) is 6.93. The minimum Gasteiger partial charge on any atom is -0.460 e. The van der Waals surface area contributed by atoms with Crippen molar-refractivity contribution in [3.63, 3.8) is 0 Å². The van der Waals surface area contributed by atoms with Crippen molar-refractivity contribution in [3.8, 4) is 16.9 Å². The van der Waals surface area contributed by atoms with Crippen LogP contribution in [0.5, 0.6) is 0 Å². The maximum absolute atomic E-state index is 12.8. The lowest BCUT2D eigenvalue weighted by Crippen LogP contribution is -2.17. The molecule has 0 aliphatic carbocycles. The molecule has 180 valence electrons. The van der Waals surface area contributed by atoms with E-state index in [1.807, 2.05) is 65.2 Å². The van der Waals surface area contributed by atoms with E-state index < -0.39 is 10.9 Å². The molecule has 0 fully saturated rings. The van der Waals surface area contributed by atoms with E-state index in [-0.39, 0.29) is 12.6 Å². The van der Waals surface area contributed by atoms with Gasteiger partial charge in [0.15, 0.2) is 5.16 Å². The van der Waals surface area contributed by atoms with Gasteiger partial charge in [0.05, 0.1) is 11.3 Å². The summed E-state index contributed by atoms with van der Waals surface area (Å²) in [4.78, 5) is 30.2. The van der Waals surface area contributed by atoms with Crippen LogP contribution in [-0.4, -0.2) is 20.8 Å².